The second-order valence-corrected chi connectivity index (χ2v) is 7.95. The first-order valence-electron chi connectivity index (χ1n) is 7.33. The van der Waals surface area contributed by atoms with Crippen LogP contribution in [0.15, 0.2) is 45.1 Å². The fourth-order valence-electron chi connectivity index (χ4n) is 1.84. The zero-order valence-corrected chi connectivity index (χ0v) is 16.3. The molecule has 1 aromatic carbocycles. The molecule has 0 aliphatic carbocycles. The molecule has 128 valence electrons. The molecule has 0 atom stereocenters. The van der Waals surface area contributed by atoms with E-state index >= 15 is 0 Å². The Bertz CT molecular complexity index is 742. The van der Waals surface area contributed by atoms with Gasteiger partial charge in [0.2, 0.25) is 0 Å². The Morgan fingerprint density at radius 2 is 2.12 bits per heavy atom. The summed E-state index contributed by atoms with van der Waals surface area (Å²) in [6, 6.07) is 7.48. The Morgan fingerprint density at radius 3 is 2.75 bits per heavy atom. The summed E-state index contributed by atoms with van der Waals surface area (Å²) in [6.45, 7) is 5.76. The van der Waals surface area contributed by atoms with E-state index in [1.807, 2.05) is 45.2 Å². The van der Waals surface area contributed by atoms with Gasteiger partial charge in [-0.25, -0.2) is 4.99 Å². The summed E-state index contributed by atoms with van der Waals surface area (Å²) in [6.07, 6.45) is 5.31. The third-order valence-corrected chi connectivity index (χ3v) is 4.88. The van der Waals surface area contributed by atoms with E-state index < -0.39 is 0 Å². The molecule has 24 heavy (non-hydrogen) atoms. The van der Waals surface area contributed by atoms with Gasteiger partial charge in [0.05, 0.1) is 18.2 Å². The van der Waals surface area contributed by atoms with Crippen molar-refractivity contribution < 1.29 is 9.25 Å². The van der Waals surface area contributed by atoms with Crippen LogP contribution in [0.4, 0.5) is 5.69 Å². The number of hydrogen-bond donors (Lipinski definition) is 0. The number of halogens is 1. The van der Waals surface area contributed by atoms with Gasteiger partial charge in [0.25, 0.3) is 0 Å². The third kappa shape index (κ3) is 5.33. The minimum absolute atomic E-state index is 0.0230. The van der Waals surface area contributed by atoms with Crippen LogP contribution in [0.1, 0.15) is 30.7 Å². The van der Waals surface area contributed by atoms with Crippen molar-refractivity contribution >= 4 is 50.1 Å². The van der Waals surface area contributed by atoms with Crippen LogP contribution in [-0.4, -0.2) is 23.6 Å². The largest absolute Gasteiger partial charge is 0.469 e. The van der Waals surface area contributed by atoms with E-state index in [9.17, 15) is 0 Å². The van der Waals surface area contributed by atoms with Gasteiger partial charge >= 0.3 is 0 Å². The van der Waals surface area contributed by atoms with Gasteiger partial charge in [0, 0.05) is 16.1 Å². The summed E-state index contributed by atoms with van der Waals surface area (Å²) in [5.41, 5.74) is 2.54. The summed E-state index contributed by atoms with van der Waals surface area (Å²) in [4.78, 5) is 9.92. The molecule has 4 nitrogen and oxygen atoms in total. The smallest absolute Gasteiger partial charge is 0.122 e. The fraction of sp³-hybridized carbons (Fsp3) is 0.294. The van der Waals surface area contributed by atoms with Crippen molar-refractivity contribution in [3.63, 3.8) is 0 Å². The molecule has 1 heterocycles. The van der Waals surface area contributed by atoms with E-state index in [1.165, 1.54) is 0 Å². The summed E-state index contributed by atoms with van der Waals surface area (Å²) in [5, 5.41) is 5.43. The van der Waals surface area contributed by atoms with Gasteiger partial charge in [-0.1, -0.05) is 27.6 Å². The second-order valence-electron chi connectivity index (χ2n) is 5.15. The normalized spacial score (nSPS) is 12.3. The van der Waals surface area contributed by atoms with Gasteiger partial charge in [0.15, 0.2) is 0 Å². The summed E-state index contributed by atoms with van der Waals surface area (Å²) in [5.74, 6) is 0.844. The minimum Gasteiger partial charge on any atom is -0.469 e. The van der Waals surface area contributed by atoms with Crippen LogP contribution < -0.4 is 0 Å². The zero-order valence-electron chi connectivity index (χ0n) is 13.9. The molecule has 0 radical (unpaired) electrons. The lowest BCUT2D eigenvalue weighted by atomic mass is 10.2. The van der Waals surface area contributed by atoms with Gasteiger partial charge < -0.3 is 9.25 Å². The lowest BCUT2D eigenvalue weighted by Crippen LogP contribution is -1.96. The summed E-state index contributed by atoms with van der Waals surface area (Å²) < 4.78 is 5.39. The van der Waals surface area contributed by atoms with Crippen LogP contribution in [-0.2, 0) is 4.84 Å². The van der Waals surface area contributed by atoms with Crippen molar-refractivity contribution in [1.82, 2.24) is 0 Å². The Hall–Kier alpha value is -1.37. The van der Waals surface area contributed by atoms with E-state index in [4.69, 9.17) is 25.8 Å². The fourth-order valence-corrected chi connectivity index (χ4v) is 3.46. The Morgan fingerprint density at radius 1 is 1.33 bits per heavy atom. The molecule has 0 aliphatic rings. The highest BCUT2D eigenvalue weighted by Crippen LogP contribution is 2.30. The number of nitrogens with zero attached hydrogens (tertiary/aromatic N) is 2. The van der Waals surface area contributed by atoms with Crippen molar-refractivity contribution in [3.05, 3.63) is 52.4 Å². The van der Waals surface area contributed by atoms with Crippen molar-refractivity contribution in [2.75, 3.05) is 6.26 Å². The number of hydrogen-bond acceptors (Lipinski definition) is 6. The zero-order chi connectivity index (χ0) is 17.5. The predicted molar refractivity (Wildman–Crippen MR) is 106 cm³/mol. The Balaban J connectivity index is 2.33. The minimum atomic E-state index is 0.0230. The molecule has 2 rings (SSSR count). The Labute approximate surface area is 155 Å². The average Bonchev–Trinajstić information content (AvgIpc) is 2.95. The number of aryl methyl sites for hydroxylation is 1. The van der Waals surface area contributed by atoms with Crippen LogP contribution >= 0.6 is 33.2 Å². The maximum Gasteiger partial charge on any atom is 0.122 e. The Kier molecular flexibility index (Phi) is 7.27. The highest BCUT2D eigenvalue weighted by molar-refractivity contribution is 8.82. The van der Waals surface area contributed by atoms with Crippen LogP contribution in [0.3, 0.4) is 0 Å². The SMILES string of the molecule is CSSC(=Nc1ccc(Cl)c(/C=N/OC(C)C)c1)c1ccoc1C. The first-order chi connectivity index (χ1) is 11.5. The van der Waals surface area contributed by atoms with E-state index in [1.54, 1.807) is 40.1 Å². The predicted octanol–water partition coefficient (Wildman–Crippen LogP) is 6.09. The topological polar surface area (TPSA) is 47.1 Å². The summed E-state index contributed by atoms with van der Waals surface area (Å²) in [7, 11) is 3.22. The quantitative estimate of drug-likeness (QED) is 0.262. The highest BCUT2D eigenvalue weighted by Gasteiger charge is 2.11. The van der Waals surface area contributed by atoms with E-state index in [0.29, 0.717) is 5.02 Å². The number of oxime groups is 1. The molecule has 0 bridgehead atoms. The molecule has 0 aliphatic heterocycles. The van der Waals surface area contributed by atoms with E-state index in [2.05, 4.69) is 5.16 Å². The lowest BCUT2D eigenvalue weighted by molar-refractivity contribution is 0.0874. The van der Waals surface area contributed by atoms with Gasteiger partial charge in [0.1, 0.15) is 16.9 Å². The number of benzene rings is 1. The van der Waals surface area contributed by atoms with Crippen molar-refractivity contribution in [2.24, 2.45) is 10.1 Å². The van der Waals surface area contributed by atoms with Crippen LogP contribution in [0.25, 0.3) is 0 Å². The molecular weight excluding hydrogens is 364 g/mol. The van der Waals surface area contributed by atoms with Gasteiger partial charge in [-0.05, 0) is 62.1 Å². The molecule has 0 N–H and O–H groups in total. The second kappa shape index (κ2) is 9.20. The first kappa shape index (κ1) is 19.0. The van der Waals surface area contributed by atoms with Crippen molar-refractivity contribution in [3.8, 4) is 0 Å². The molecule has 0 fully saturated rings. The van der Waals surface area contributed by atoms with Crippen molar-refractivity contribution in [2.45, 2.75) is 26.9 Å². The number of furan rings is 1. The molecule has 0 saturated heterocycles. The molecule has 0 spiro atoms. The summed E-state index contributed by atoms with van der Waals surface area (Å²) >= 11 is 6.21. The molecule has 0 amide bonds. The van der Waals surface area contributed by atoms with Crippen LogP contribution in [0.5, 0.6) is 0 Å². The standard InChI is InChI=1S/C17H19ClN2O2S2/c1-11(2)22-19-10-13-9-14(5-6-16(13)18)20-17(24-23-4)15-7-8-21-12(15)3/h5-11H,1-4H3/b19-10+,20-17?. The highest BCUT2D eigenvalue weighted by atomic mass is 35.5. The van der Waals surface area contributed by atoms with E-state index in [0.717, 1.165) is 27.6 Å². The van der Waals surface area contributed by atoms with Crippen LogP contribution in [0, 0.1) is 6.92 Å². The van der Waals surface area contributed by atoms with Crippen LogP contribution in [0.2, 0.25) is 5.02 Å². The molecular formula is C17H19ClN2O2S2. The molecule has 7 heteroatoms. The average molecular weight is 383 g/mol. The van der Waals surface area contributed by atoms with E-state index in [-0.39, 0.29) is 6.10 Å². The first-order valence-corrected chi connectivity index (χ1v) is 10.3. The lowest BCUT2D eigenvalue weighted by Gasteiger charge is -2.05. The van der Waals surface area contributed by atoms with Gasteiger partial charge in [-0.3, -0.25) is 0 Å². The molecule has 0 unspecified atom stereocenters. The molecule has 0 saturated carbocycles. The van der Waals surface area contributed by atoms with Gasteiger partial charge in [-0.2, -0.15) is 0 Å². The number of rotatable bonds is 6. The maximum absolute atomic E-state index is 6.21. The van der Waals surface area contributed by atoms with Gasteiger partial charge in [-0.15, -0.1) is 0 Å². The van der Waals surface area contributed by atoms with Crippen molar-refractivity contribution in [1.29, 1.82) is 0 Å². The molecule has 2 aromatic rings. The monoisotopic (exact) mass is 382 g/mol. The number of aliphatic imine (C=N–C) groups is 1. The maximum atomic E-state index is 6.21. The molecule has 1 aromatic heterocycles. The third-order valence-electron chi connectivity index (χ3n) is 2.93.